The van der Waals surface area contributed by atoms with Gasteiger partial charge in [0.05, 0.1) is 3.79 Å². The van der Waals surface area contributed by atoms with E-state index in [2.05, 4.69) is 31.9 Å². The smallest absolute Gasteiger partial charge is 0.168 e. The lowest BCUT2D eigenvalue weighted by Gasteiger charge is -2.01. The molecular formula is C13H10Br2OS. The molecule has 0 unspecified atom stereocenters. The Morgan fingerprint density at radius 1 is 1.29 bits per heavy atom. The molecule has 0 spiro atoms. The lowest BCUT2D eigenvalue weighted by molar-refractivity contribution is 0.0993. The third-order valence-corrected chi connectivity index (χ3v) is 4.49. The summed E-state index contributed by atoms with van der Waals surface area (Å²) in [6.07, 6.45) is 0.448. The minimum Gasteiger partial charge on any atom is -0.294 e. The lowest BCUT2D eigenvalue weighted by Crippen LogP contribution is -2.03. The molecule has 0 aliphatic carbocycles. The van der Waals surface area contributed by atoms with Crippen LogP contribution in [0.1, 0.15) is 20.8 Å². The van der Waals surface area contributed by atoms with Gasteiger partial charge in [0, 0.05) is 21.3 Å². The third-order valence-electron chi connectivity index (χ3n) is 2.44. The number of hydrogen-bond donors (Lipinski definition) is 0. The standard InChI is InChI=1S/C13H10Br2OS/c1-8-11(7-13(15)17-8)12(16)6-9-3-2-4-10(14)5-9/h2-5,7H,6H2,1H3. The summed E-state index contributed by atoms with van der Waals surface area (Å²) in [5.74, 6) is 0.169. The predicted octanol–water partition coefficient (Wildman–Crippen LogP) is 5.01. The Morgan fingerprint density at radius 3 is 2.65 bits per heavy atom. The van der Waals surface area contributed by atoms with Crippen LogP contribution >= 0.6 is 43.2 Å². The Bertz CT molecular complexity index is 560. The molecule has 0 N–H and O–H groups in total. The van der Waals surface area contributed by atoms with Crippen LogP contribution in [0.5, 0.6) is 0 Å². The maximum Gasteiger partial charge on any atom is 0.168 e. The molecule has 88 valence electrons. The van der Waals surface area contributed by atoms with Gasteiger partial charge in [-0.05, 0) is 46.6 Å². The first kappa shape index (κ1) is 13.0. The first-order chi connectivity index (χ1) is 8.06. The molecular weight excluding hydrogens is 364 g/mol. The van der Waals surface area contributed by atoms with Crippen LogP contribution in [0.3, 0.4) is 0 Å². The van der Waals surface area contributed by atoms with Gasteiger partial charge in [-0.3, -0.25) is 4.79 Å². The van der Waals surface area contributed by atoms with Crippen molar-refractivity contribution in [3.63, 3.8) is 0 Å². The molecule has 0 fully saturated rings. The molecule has 0 saturated heterocycles. The van der Waals surface area contributed by atoms with Crippen LogP contribution in [0.25, 0.3) is 0 Å². The molecule has 0 aliphatic heterocycles. The topological polar surface area (TPSA) is 17.1 Å². The van der Waals surface area contributed by atoms with E-state index in [0.717, 1.165) is 24.3 Å². The molecule has 1 aromatic heterocycles. The molecule has 0 bridgehead atoms. The Balaban J connectivity index is 2.20. The van der Waals surface area contributed by atoms with Gasteiger partial charge in [0.2, 0.25) is 0 Å². The van der Waals surface area contributed by atoms with Crippen molar-refractivity contribution in [2.24, 2.45) is 0 Å². The Labute approximate surface area is 121 Å². The molecule has 0 aliphatic rings. The van der Waals surface area contributed by atoms with Gasteiger partial charge in [-0.2, -0.15) is 0 Å². The number of carbonyl (C=O) groups excluding carboxylic acids is 1. The van der Waals surface area contributed by atoms with Gasteiger partial charge in [0.1, 0.15) is 0 Å². The summed E-state index contributed by atoms with van der Waals surface area (Å²) in [6.45, 7) is 1.98. The molecule has 17 heavy (non-hydrogen) atoms. The van der Waals surface area contributed by atoms with E-state index in [-0.39, 0.29) is 5.78 Å². The lowest BCUT2D eigenvalue weighted by atomic mass is 10.0. The van der Waals surface area contributed by atoms with E-state index in [1.165, 1.54) is 0 Å². The highest BCUT2D eigenvalue weighted by molar-refractivity contribution is 9.11. The Kier molecular flexibility index (Phi) is 4.17. The number of carbonyl (C=O) groups is 1. The van der Waals surface area contributed by atoms with Gasteiger partial charge < -0.3 is 0 Å². The quantitative estimate of drug-likeness (QED) is 0.691. The number of Topliss-reactive ketones (excluding diaryl/α,β-unsaturated/α-hetero) is 1. The van der Waals surface area contributed by atoms with Gasteiger partial charge >= 0.3 is 0 Å². The first-order valence-electron chi connectivity index (χ1n) is 5.10. The van der Waals surface area contributed by atoms with Crippen LogP contribution in [0.4, 0.5) is 0 Å². The Morgan fingerprint density at radius 2 is 2.06 bits per heavy atom. The number of aryl methyl sites for hydroxylation is 1. The molecule has 0 radical (unpaired) electrons. The van der Waals surface area contributed by atoms with Crippen molar-refractivity contribution in [3.05, 3.63) is 54.6 Å². The van der Waals surface area contributed by atoms with Gasteiger partial charge in [-0.1, -0.05) is 28.1 Å². The maximum atomic E-state index is 12.1. The summed E-state index contributed by atoms with van der Waals surface area (Å²) in [7, 11) is 0. The van der Waals surface area contributed by atoms with E-state index in [1.807, 2.05) is 37.3 Å². The number of rotatable bonds is 3. The minimum atomic E-state index is 0.169. The summed E-state index contributed by atoms with van der Waals surface area (Å²) in [6, 6.07) is 9.76. The molecule has 2 rings (SSSR count). The van der Waals surface area contributed by atoms with E-state index in [0.29, 0.717) is 6.42 Å². The predicted molar refractivity (Wildman–Crippen MR) is 78.9 cm³/mol. The van der Waals surface area contributed by atoms with Crippen molar-refractivity contribution in [2.45, 2.75) is 13.3 Å². The molecule has 0 saturated carbocycles. The fraction of sp³-hybridized carbons (Fsp3) is 0.154. The third kappa shape index (κ3) is 3.27. The van der Waals surface area contributed by atoms with Gasteiger partial charge in [-0.15, -0.1) is 11.3 Å². The highest BCUT2D eigenvalue weighted by Gasteiger charge is 2.13. The summed E-state index contributed by atoms with van der Waals surface area (Å²) < 4.78 is 2.01. The van der Waals surface area contributed by atoms with E-state index in [9.17, 15) is 4.79 Å². The zero-order valence-electron chi connectivity index (χ0n) is 9.17. The molecule has 0 amide bonds. The van der Waals surface area contributed by atoms with E-state index < -0.39 is 0 Å². The van der Waals surface area contributed by atoms with E-state index in [1.54, 1.807) is 11.3 Å². The van der Waals surface area contributed by atoms with Gasteiger partial charge in [-0.25, -0.2) is 0 Å². The van der Waals surface area contributed by atoms with Crippen LogP contribution in [-0.2, 0) is 6.42 Å². The average molecular weight is 374 g/mol. The van der Waals surface area contributed by atoms with E-state index in [4.69, 9.17) is 0 Å². The fourth-order valence-electron chi connectivity index (χ4n) is 1.65. The molecule has 1 aromatic carbocycles. The monoisotopic (exact) mass is 372 g/mol. The van der Waals surface area contributed by atoms with Crippen molar-refractivity contribution in [3.8, 4) is 0 Å². The van der Waals surface area contributed by atoms with Crippen molar-refractivity contribution in [2.75, 3.05) is 0 Å². The van der Waals surface area contributed by atoms with Crippen LogP contribution in [0.2, 0.25) is 0 Å². The number of benzene rings is 1. The normalized spacial score (nSPS) is 10.5. The summed E-state index contributed by atoms with van der Waals surface area (Å²) in [5, 5.41) is 0. The van der Waals surface area contributed by atoms with Crippen molar-refractivity contribution in [1.29, 1.82) is 0 Å². The van der Waals surface area contributed by atoms with Gasteiger partial charge in [0.15, 0.2) is 5.78 Å². The summed E-state index contributed by atoms with van der Waals surface area (Å²) in [4.78, 5) is 13.2. The van der Waals surface area contributed by atoms with Crippen molar-refractivity contribution < 1.29 is 4.79 Å². The van der Waals surface area contributed by atoms with Gasteiger partial charge in [0.25, 0.3) is 0 Å². The Hall–Kier alpha value is -0.450. The number of thiophene rings is 1. The molecule has 1 heterocycles. The van der Waals surface area contributed by atoms with Crippen LogP contribution < -0.4 is 0 Å². The molecule has 4 heteroatoms. The van der Waals surface area contributed by atoms with Crippen molar-refractivity contribution in [1.82, 2.24) is 0 Å². The average Bonchev–Trinajstić information content (AvgIpc) is 2.58. The van der Waals surface area contributed by atoms with Crippen LogP contribution in [-0.4, -0.2) is 5.78 Å². The number of ketones is 1. The minimum absolute atomic E-state index is 0.169. The highest BCUT2D eigenvalue weighted by Crippen LogP contribution is 2.27. The zero-order chi connectivity index (χ0) is 12.4. The second kappa shape index (κ2) is 5.46. The highest BCUT2D eigenvalue weighted by atomic mass is 79.9. The van der Waals surface area contributed by atoms with E-state index >= 15 is 0 Å². The fourth-order valence-corrected chi connectivity index (χ4v) is 3.81. The molecule has 0 atom stereocenters. The summed E-state index contributed by atoms with van der Waals surface area (Å²) in [5.41, 5.74) is 1.85. The van der Waals surface area contributed by atoms with Crippen LogP contribution in [0.15, 0.2) is 38.6 Å². The first-order valence-corrected chi connectivity index (χ1v) is 7.50. The molecule has 1 nitrogen and oxygen atoms in total. The molecule has 2 aromatic rings. The second-order valence-corrected chi connectivity index (χ2v) is 7.30. The SMILES string of the molecule is Cc1sc(Br)cc1C(=O)Cc1cccc(Br)c1. The zero-order valence-corrected chi connectivity index (χ0v) is 13.2. The van der Waals surface area contributed by atoms with Crippen molar-refractivity contribution >= 4 is 49.0 Å². The maximum absolute atomic E-state index is 12.1. The number of hydrogen-bond acceptors (Lipinski definition) is 2. The number of halogens is 2. The second-order valence-electron chi connectivity index (χ2n) is 3.75. The summed E-state index contributed by atoms with van der Waals surface area (Å²) >= 11 is 8.42. The largest absolute Gasteiger partial charge is 0.294 e. The van der Waals surface area contributed by atoms with Crippen LogP contribution in [0, 0.1) is 6.92 Å².